The van der Waals surface area contributed by atoms with Crippen LogP contribution in [-0.2, 0) is 0 Å². The summed E-state index contributed by atoms with van der Waals surface area (Å²) in [6.45, 7) is 5.56. The Morgan fingerprint density at radius 1 is 1.79 bits per heavy atom. The van der Waals surface area contributed by atoms with Gasteiger partial charge in [-0.05, 0) is 25.5 Å². The third-order valence-electron chi connectivity index (χ3n) is 1.75. The number of hydrogen-bond donors (Lipinski definition) is 2. The second-order valence-electron chi connectivity index (χ2n) is 3.10. The lowest BCUT2D eigenvalue weighted by Gasteiger charge is -2.09. The molecule has 0 spiro atoms. The standard InChI is InChI=1S/C10H14N2OS/c1-3-4-7(2)12-10(13)8-5-6-9(11)14-8/h3,5-7H,1,4,11H2,2H3,(H,12,13). The number of carbonyl (C=O) groups excluding carboxylic acids is 1. The highest BCUT2D eigenvalue weighted by Crippen LogP contribution is 2.17. The smallest absolute Gasteiger partial charge is 0.261 e. The number of nitrogen functional groups attached to an aromatic ring is 1. The van der Waals surface area contributed by atoms with Crippen LogP contribution in [0.4, 0.5) is 5.00 Å². The van der Waals surface area contributed by atoms with Gasteiger partial charge in [-0.1, -0.05) is 6.08 Å². The molecule has 1 heterocycles. The molecule has 76 valence electrons. The molecule has 3 N–H and O–H groups in total. The summed E-state index contributed by atoms with van der Waals surface area (Å²) < 4.78 is 0. The molecule has 1 aromatic rings. The first-order valence-electron chi connectivity index (χ1n) is 4.40. The monoisotopic (exact) mass is 210 g/mol. The lowest BCUT2D eigenvalue weighted by Crippen LogP contribution is -2.31. The Balaban J connectivity index is 2.54. The van der Waals surface area contributed by atoms with E-state index < -0.39 is 0 Å². The van der Waals surface area contributed by atoms with Crippen molar-refractivity contribution in [1.29, 1.82) is 0 Å². The van der Waals surface area contributed by atoms with Crippen LogP contribution in [0.2, 0.25) is 0 Å². The number of nitrogens with one attached hydrogen (secondary N) is 1. The fourth-order valence-electron chi connectivity index (χ4n) is 1.08. The molecule has 0 radical (unpaired) electrons. The van der Waals surface area contributed by atoms with Gasteiger partial charge in [0.15, 0.2) is 0 Å². The van der Waals surface area contributed by atoms with Gasteiger partial charge in [0.1, 0.15) is 0 Å². The summed E-state index contributed by atoms with van der Waals surface area (Å²) in [5, 5.41) is 3.51. The quantitative estimate of drug-likeness (QED) is 0.747. The van der Waals surface area contributed by atoms with Crippen molar-refractivity contribution < 1.29 is 4.79 Å². The van der Waals surface area contributed by atoms with Crippen molar-refractivity contribution in [2.45, 2.75) is 19.4 Å². The third kappa shape index (κ3) is 2.88. The van der Waals surface area contributed by atoms with Crippen LogP contribution in [0.25, 0.3) is 0 Å². The number of hydrogen-bond acceptors (Lipinski definition) is 3. The molecule has 1 rings (SSSR count). The average Bonchev–Trinajstić information content (AvgIpc) is 2.52. The molecule has 1 aromatic heterocycles. The van der Waals surface area contributed by atoms with Gasteiger partial charge in [-0.3, -0.25) is 4.79 Å². The fourth-order valence-corrected chi connectivity index (χ4v) is 1.76. The first-order chi connectivity index (χ1) is 6.63. The van der Waals surface area contributed by atoms with E-state index in [0.29, 0.717) is 9.88 Å². The van der Waals surface area contributed by atoms with E-state index in [0.717, 1.165) is 6.42 Å². The van der Waals surface area contributed by atoms with Crippen LogP contribution in [0.3, 0.4) is 0 Å². The maximum absolute atomic E-state index is 11.6. The number of anilines is 1. The lowest BCUT2D eigenvalue weighted by molar-refractivity contribution is 0.0944. The highest BCUT2D eigenvalue weighted by Gasteiger charge is 2.10. The zero-order valence-electron chi connectivity index (χ0n) is 8.12. The van der Waals surface area contributed by atoms with Crippen molar-refractivity contribution in [2.75, 3.05) is 5.73 Å². The van der Waals surface area contributed by atoms with Crippen LogP contribution < -0.4 is 11.1 Å². The largest absolute Gasteiger partial charge is 0.391 e. The van der Waals surface area contributed by atoms with E-state index in [1.54, 1.807) is 18.2 Å². The SMILES string of the molecule is C=CCC(C)NC(=O)c1ccc(N)s1. The van der Waals surface area contributed by atoms with E-state index >= 15 is 0 Å². The van der Waals surface area contributed by atoms with E-state index in [1.807, 2.05) is 6.92 Å². The van der Waals surface area contributed by atoms with E-state index in [9.17, 15) is 4.79 Å². The van der Waals surface area contributed by atoms with Crippen LogP contribution in [0.5, 0.6) is 0 Å². The molecule has 4 heteroatoms. The first-order valence-corrected chi connectivity index (χ1v) is 5.22. The summed E-state index contributed by atoms with van der Waals surface area (Å²) in [6.07, 6.45) is 2.56. The Kier molecular flexibility index (Phi) is 3.71. The number of rotatable bonds is 4. The summed E-state index contributed by atoms with van der Waals surface area (Å²) in [7, 11) is 0. The normalized spacial score (nSPS) is 12.1. The van der Waals surface area contributed by atoms with Crippen molar-refractivity contribution in [3.63, 3.8) is 0 Å². The number of carbonyl (C=O) groups is 1. The van der Waals surface area contributed by atoms with Crippen molar-refractivity contribution in [3.05, 3.63) is 29.7 Å². The first kappa shape index (κ1) is 10.8. The van der Waals surface area contributed by atoms with Gasteiger partial charge in [-0.15, -0.1) is 17.9 Å². The zero-order chi connectivity index (χ0) is 10.6. The molecule has 0 aliphatic carbocycles. The van der Waals surface area contributed by atoms with E-state index in [2.05, 4.69) is 11.9 Å². The van der Waals surface area contributed by atoms with Crippen molar-refractivity contribution in [2.24, 2.45) is 0 Å². The summed E-state index contributed by atoms with van der Waals surface area (Å²) >= 11 is 1.30. The number of nitrogens with two attached hydrogens (primary N) is 1. The third-order valence-corrected chi connectivity index (χ3v) is 2.66. The van der Waals surface area contributed by atoms with Crippen LogP contribution in [-0.4, -0.2) is 11.9 Å². The summed E-state index contributed by atoms with van der Waals surface area (Å²) in [6, 6.07) is 3.58. The van der Waals surface area contributed by atoms with Gasteiger partial charge in [0.05, 0.1) is 9.88 Å². The molecule has 0 saturated carbocycles. The Morgan fingerprint density at radius 2 is 2.50 bits per heavy atom. The Labute approximate surface area is 87.6 Å². The molecule has 1 unspecified atom stereocenters. The van der Waals surface area contributed by atoms with E-state index in [4.69, 9.17) is 5.73 Å². The Hall–Kier alpha value is -1.29. The van der Waals surface area contributed by atoms with Gasteiger partial charge in [0.2, 0.25) is 0 Å². The van der Waals surface area contributed by atoms with Crippen LogP contribution >= 0.6 is 11.3 Å². The predicted molar refractivity (Wildman–Crippen MR) is 60.5 cm³/mol. The molecule has 14 heavy (non-hydrogen) atoms. The Morgan fingerprint density at radius 3 is 3.00 bits per heavy atom. The second-order valence-corrected chi connectivity index (χ2v) is 4.22. The van der Waals surface area contributed by atoms with Crippen LogP contribution in [0, 0.1) is 0 Å². The fraction of sp³-hybridized carbons (Fsp3) is 0.300. The van der Waals surface area contributed by atoms with Gasteiger partial charge in [0.25, 0.3) is 5.91 Å². The van der Waals surface area contributed by atoms with Gasteiger partial charge in [-0.25, -0.2) is 0 Å². The lowest BCUT2D eigenvalue weighted by atomic mass is 10.2. The number of amides is 1. The van der Waals surface area contributed by atoms with Crippen molar-refractivity contribution in [3.8, 4) is 0 Å². The van der Waals surface area contributed by atoms with E-state index in [1.165, 1.54) is 11.3 Å². The van der Waals surface area contributed by atoms with Gasteiger partial charge < -0.3 is 11.1 Å². The van der Waals surface area contributed by atoms with E-state index in [-0.39, 0.29) is 11.9 Å². The molecule has 0 fully saturated rings. The molecule has 0 aromatic carbocycles. The Bertz CT molecular complexity index is 333. The highest BCUT2D eigenvalue weighted by atomic mass is 32.1. The minimum Gasteiger partial charge on any atom is -0.391 e. The molecule has 1 amide bonds. The minimum absolute atomic E-state index is 0.0685. The minimum atomic E-state index is -0.0685. The number of thiophene rings is 1. The summed E-state index contributed by atoms with van der Waals surface area (Å²) in [5.41, 5.74) is 5.53. The second kappa shape index (κ2) is 4.81. The maximum atomic E-state index is 11.6. The topological polar surface area (TPSA) is 55.1 Å². The van der Waals surface area contributed by atoms with Gasteiger partial charge in [0, 0.05) is 6.04 Å². The maximum Gasteiger partial charge on any atom is 0.261 e. The molecular formula is C10H14N2OS. The van der Waals surface area contributed by atoms with Crippen LogP contribution in [0.1, 0.15) is 23.0 Å². The zero-order valence-corrected chi connectivity index (χ0v) is 8.93. The molecule has 3 nitrogen and oxygen atoms in total. The molecule has 1 atom stereocenters. The molecule has 0 aliphatic heterocycles. The van der Waals surface area contributed by atoms with Crippen molar-refractivity contribution in [1.82, 2.24) is 5.32 Å². The highest BCUT2D eigenvalue weighted by molar-refractivity contribution is 7.17. The molecule has 0 saturated heterocycles. The predicted octanol–water partition coefficient (Wildman–Crippen LogP) is 2.02. The summed E-state index contributed by atoms with van der Waals surface area (Å²) in [5.74, 6) is -0.0685. The van der Waals surface area contributed by atoms with Gasteiger partial charge in [-0.2, -0.15) is 0 Å². The molecule has 0 bridgehead atoms. The van der Waals surface area contributed by atoms with Crippen molar-refractivity contribution >= 4 is 22.2 Å². The van der Waals surface area contributed by atoms with Crippen LogP contribution in [0.15, 0.2) is 24.8 Å². The summed E-state index contributed by atoms with van der Waals surface area (Å²) in [4.78, 5) is 12.2. The molecule has 0 aliphatic rings. The molecular weight excluding hydrogens is 196 g/mol. The van der Waals surface area contributed by atoms with Gasteiger partial charge >= 0.3 is 0 Å². The average molecular weight is 210 g/mol.